The molecule has 2 amide bonds. The van der Waals surface area contributed by atoms with E-state index in [9.17, 15) is 4.79 Å². The van der Waals surface area contributed by atoms with Gasteiger partial charge in [-0.05, 0) is 42.5 Å². The second kappa shape index (κ2) is 9.02. The van der Waals surface area contributed by atoms with Gasteiger partial charge in [-0.1, -0.05) is 55.4 Å². The van der Waals surface area contributed by atoms with Crippen LogP contribution in [0.25, 0.3) is 22.3 Å². The Morgan fingerprint density at radius 2 is 1.85 bits per heavy atom. The quantitative estimate of drug-likeness (QED) is 0.431. The summed E-state index contributed by atoms with van der Waals surface area (Å²) in [5, 5.41) is 8.31. The number of likely N-dealkylation sites (tertiary alicyclic amines) is 1. The van der Waals surface area contributed by atoms with Crippen molar-refractivity contribution in [2.45, 2.75) is 38.5 Å². The molecule has 7 nitrogen and oxygen atoms in total. The van der Waals surface area contributed by atoms with E-state index in [4.69, 9.17) is 4.52 Å². The maximum absolute atomic E-state index is 12.8. The number of hydrogen-bond donors (Lipinski definition) is 1. The molecule has 0 atom stereocenters. The van der Waals surface area contributed by atoms with Crippen molar-refractivity contribution in [1.29, 1.82) is 0 Å². The number of benzene rings is 2. The van der Waals surface area contributed by atoms with Crippen LogP contribution >= 0.6 is 0 Å². The fraction of sp³-hybridized carbons (Fsp3) is 0.308. The summed E-state index contributed by atoms with van der Waals surface area (Å²) in [5.74, 6) is 1.67. The van der Waals surface area contributed by atoms with Gasteiger partial charge in [0.25, 0.3) is 0 Å². The van der Waals surface area contributed by atoms with Crippen LogP contribution in [0, 0.1) is 0 Å². The van der Waals surface area contributed by atoms with Crippen molar-refractivity contribution in [3.63, 3.8) is 0 Å². The van der Waals surface area contributed by atoms with Crippen molar-refractivity contribution in [1.82, 2.24) is 20.0 Å². The van der Waals surface area contributed by atoms with Crippen LogP contribution in [0.15, 0.2) is 65.3 Å². The lowest BCUT2D eigenvalue weighted by molar-refractivity contribution is 0.187. The average Bonchev–Trinajstić information content (AvgIpc) is 3.34. The van der Waals surface area contributed by atoms with Crippen molar-refractivity contribution in [2.75, 3.05) is 18.4 Å². The largest absolute Gasteiger partial charge is 0.339 e. The van der Waals surface area contributed by atoms with Crippen molar-refractivity contribution >= 4 is 22.6 Å². The van der Waals surface area contributed by atoms with E-state index in [-0.39, 0.29) is 11.9 Å². The highest BCUT2D eigenvalue weighted by Crippen LogP contribution is 2.30. The number of pyridine rings is 1. The molecule has 0 unspecified atom stereocenters. The van der Waals surface area contributed by atoms with Gasteiger partial charge >= 0.3 is 6.03 Å². The van der Waals surface area contributed by atoms with Gasteiger partial charge in [0.2, 0.25) is 11.7 Å². The fourth-order valence-electron chi connectivity index (χ4n) is 4.35. The van der Waals surface area contributed by atoms with Crippen molar-refractivity contribution in [3.05, 3.63) is 72.2 Å². The third kappa shape index (κ3) is 4.44. The molecule has 0 saturated carbocycles. The van der Waals surface area contributed by atoms with Gasteiger partial charge in [0.15, 0.2) is 0 Å². The first-order valence-electron chi connectivity index (χ1n) is 11.4. The number of rotatable bonds is 4. The van der Waals surface area contributed by atoms with E-state index in [2.05, 4.69) is 40.4 Å². The van der Waals surface area contributed by atoms with Crippen LogP contribution in [0.5, 0.6) is 0 Å². The Kier molecular flexibility index (Phi) is 5.77. The minimum absolute atomic E-state index is 0.0602. The van der Waals surface area contributed by atoms with E-state index in [1.54, 1.807) is 6.20 Å². The predicted molar refractivity (Wildman–Crippen MR) is 128 cm³/mol. The van der Waals surface area contributed by atoms with Gasteiger partial charge in [-0.3, -0.25) is 4.98 Å². The minimum atomic E-state index is -0.0602. The van der Waals surface area contributed by atoms with E-state index in [1.165, 1.54) is 0 Å². The molecule has 33 heavy (non-hydrogen) atoms. The number of piperidine rings is 1. The van der Waals surface area contributed by atoms with Gasteiger partial charge < -0.3 is 14.7 Å². The predicted octanol–water partition coefficient (Wildman–Crippen LogP) is 5.82. The maximum Gasteiger partial charge on any atom is 0.321 e. The summed E-state index contributed by atoms with van der Waals surface area (Å²) in [6, 6.07) is 17.9. The van der Waals surface area contributed by atoms with Crippen LogP contribution in [-0.4, -0.2) is 39.1 Å². The third-order valence-electron chi connectivity index (χ3n) is 6.25. The summed E-state index contributed by atoms with van der Waals surface area (Å²) < 4.78 is 5.60. The smallest absolute Gasteiger partial charge is 0.321 e. The number of carbonyl (C=O) groups excluding carboxylic acids is 1. The third-order valence-corrected chi connectivity index (χ3v) is 6.25. The van der Waals surface area contributed by atoms with Gasteiger partial charge in [-0.15, -0.1) is 0 Å². The molecule has 7 heteroatoms. The summed E-state index contributed by atoms with van der Waals surface area (Å²) >= 11 is 0. The normalized spacial score (nSPS) is 14.7. The lowest BCUT2D eigenvalue weighted by Gasteiger charge is -2.30. The summed E-state index contributed by atoms with van der Waals surface area (Å²) in [7, 11) is 0. The molecular weight excluding hydrogens is 414 g/mol. The lowest BCUT2D eigenvalue weighted by Crippen LogP contribution is -2.40. The molecule has 3 heterocycles. The highest BCUT2D eigenvalue weighted by molar-refractivity contribution is 5.90. The molecule has 5 rings (SSSR count). The Morgan fingerprint density at radius 3 is 2.67 bits per heavy atom. The van der Waals surface area contributed by atoms with Crippen LogP contribution in [0.2, 0.25) is 0 Å². The summed E-state index contributed by atoms with van der Waals surface area (Å²) in [6.45, 7) is 5.55. The molecule has 4 aromatic rings. The van der Waals surface area contributed by atoms with Gasteiger partial charge in [-0.2, -0.15) is 4.98 Å². The van der Waals surface area contributed by atoms with Crippen LogP contribution in [0.1, 0.15) is 50.0 Å². The summed E-state index contributed by atoms with van der Waals surface area (Å²) in [6.07, 6.45) is 3.35. The van der Waals surface area contributed by atoms with Gasteiger partial charge in [0.1, 0.15) is 0 Å². The molecule has 1 aliphatic rings. The van der Waals surface area contributed by atoms with Crippen molar-refractivity contribution in [2.24, 2.45) is 0 Å². The average molecular weight is 442 g/mol. The number of urea groups is 1. The molecule has 1 aliphatic heterocycles. The van der Waals surface area contributed by atoms with Crippen molar-refractivity contribution < 1.29 is 9.32 Å². The highest BCUT2D eigenvalue weighted by atomic mass is 16.5. The Bertz CT molecular complexity index is 1270. The molecular formula is C26H27N5O2. The number of nitrogens with zero attached hydrogens (tertiary/aromatic N) is 4. The number of hydrogen-bond acceptors (Lipinski definition) is 5. The SMILES string of the molecule is CC(C)c1ccccc1NC(=O)N1CCC(c2nc(-c3cnc4ccccc4c3)no2)CC1. The van der Waals surface area contributed by atoms with Gasteiger partial charge in [-0.25, -0.2) is 4.79 Å². The van der Waals surface area contributed by atoms with Crippen molar-refractivity contribution in [3.8, 4) is 11.4 Å². The molecule has 2 aromatic carbocycles. The first-order valence-corrected chi connectivity index (χ1v) is 11.4. The topological polar surface area (TPSA) is 84.2 Å². The number of fused-ring (bicyclic) bond motifs is 1. The molecule has 168 valence electrons. The monoisotopic (exact) mass is 441 g/mol. The Morgan fingerprint density at radius 1 is 1.09 bits per heavy atom. The van der Waals surface area contributed by atoms with E-state index in [1.807, 2.05) is 53.4 Å². The standard InChI is InChI=1S/C26H27N5O2/c1-17(2)21-8-4-6-10-23(21)28-26(32)31-13-11-18(12-14-31)25-29-24(30-33-25)20-15-19-7-3-5-9-22(19)27-16-20/h3-10,15-18H,11-14H2,1-2H3,(H,28,32). The number of amides is 2. The van der Waals surface area contributed by atoms with Gasteiger partial charge in [0, 0.05) is 41.8 Å². The van der Waals surface area contributed by atoms with Crippen LogP contribution < -0.4 is 5.32 Å². The Labute approximate surface area is 192 Å². The van der Waals surface area contributed by atoms with E-state index in [0.29, 0.717) is 30.7 Å². The molecule has 0 spiro atoms. The summed E-state index contributed by atoms with van der Waals surface area (Å²) in [4.78, 5) is 23.8. The minimum Gasteiger partial charge on any atom is -0.339 e. The molecule has 0 aliphatic carbocycles. The number of carbonyl (C=O) groups is 1. The molecule has 2 aromatic heterocycles. The molecule has 0 radical (unpaired) electrons. The first-order chi connectivity index (χ1) is 16.1. The lowest BCUT2D eigenvalue weighted by atomic mass is 9.97. The zero-order chi connectivity index (χ0) is 22.8. The molecule has 1 saturated heterocycles. The number of para-hydroxylation sites is 2. The second-order valence-corrected chi connectivity index (χ2v) is 8.81. The van der Waals surface area contributed by atoms with Crippen LogP contribution in [0.4, 0.5) is 10.5 Å². The van der Waals surface area contributed by atoms with E-state index >= 15 is 0 Å². The second-order valence-electron chi connectivity index (χ2n) is 8.81. The van der Waals surface area contributed by atoms with Crippen LogP contribution in [-0.2, 0) is 0 Å². The Hall–Kier alpha value is -3.74. The van der Waals surface area contributed by atoms with Crippen LogP contribution in [0.3, 0.4) is 0 Å². The number of aromatic nitrogens is 3. The summed E-state index contributed by atoms with van der Waals surface area (Å²) in [5.41, 5.74) is 3.79. The maximum atomic E-state index is 12.8. The fourth-order valence-corrected chi connectivity index (χ4v) is 4.35. The highest BCUT2D eigenvalue weighted by Gasteiger charge is 2.28. The first kappa shape index (κ1) is 21.1. The number of anilines is 1. The molecule has 1 N–H and O–H groups in total. The Balaban J connectivity index is 1.23. The van der Waals surface area contributed by atoms with Gasteiger partial charge in [0.05, 0.1) is 5.52 Å². The van der Waals surface area contributed by atoms with E-state index < -0.39 is 0 Å². The molecule has 1 fully saturated rings. The molecule has 0 bridgehead atoms. The zero-order valence-corrected chi connectivity index (χ0v) is 18.9. The van der Waals surface area contributed by atoms with E-state index in [0.717, 1.165) is 40.6 Å². The zero-order valence-electron chi connectivity index (χ0n) is 18.9. The number of nitrogens with one attached hydrogen (secondary N) is 1.